The highest BCUT2D eigenvalue weighted by Crippen LogP contribution is 2.23. The van der Waals surface area contributed by atoms with Gasteiger partial charge < -0.3 is 14.8 Å². The van der Waals surface area contributed by atoms with Gasteiger partial charge >= 0.3 is 5.97 Å². The Kier molecular flexibility index (Phi) is 5.92. The molecule has 0 aliphatic carbocycles. The number of hydrogen-bond acceptors (Lipinski definition) is 4. The number of ether oxygens (including phenoxy) is 2. The van der Waals surface area contributed by atoms with Crippen molar-refractivity contribution in [3.63, 3.8) is 0 Å². The summed E-state index contributed by atoms with van der Waals surface area (Å²) in [5, 5.41) is 3.40. The first-order valence-electron chi connectivity index (χ1n) is 6.60. The Bertz CT molecular complexity index is 233. The summed E-state index contributed by atoms with van der Waals surface area (Å²) in [5.41, 5.74) is -0.531. The van der Waals surface area contributed by atoms with E-state index in [1.807, 2.05) is 6.92 Å². The van der Waals surface area contributed by atoms with E-state index in [1.54, 1.807) is 0 Å². The lowest BCUT2D eigenvalue weighted by Gasteiger charge is -2.31. The number of hydrogen-bond donors (Lipinski definition) is 1. The van der Waals surface area contributed by atoms with Crippen LogP contribution in [0.4, 0.5) is 0 Å². The predicted molar refractivity (Wildman–Crippen MR) is 66.9 cm³/mol. The lowest BCUT2D eigenvalue weighted by Crippen LogP contribution is -2.54. The summed E-state index contributed by atoms with van der Waals surface area (Å²) in [4.78, 5) is 12.1. The highest BCUT2D eigenvalue weighted by Gasteiger charge is 2.39. The van der Waals surface area contributed by atoms with E-state index in [0.717, 1.165) is 26.0 Å². The quantitative estimate of drug-likeness (QED) is 0.747. The van der Waals surface area contributed by atoms with Gasteiger partial charge in [0.25, 0.3) is 0 Å². The maximum Gasteiger partial charge on any atom is 0.326 e. The number of carbonyl (C=O) groups excluding carboxylic acids is 1. The Hall–Kier alpha value is -0.610. The third-order valence-corrected chi connectivity index (χ3v) is 3.08. The second-order valence-electron chi connectivity index (χ2n) is 5.04. The Morgan fingerprint density at radius 3 is 2.82 bits per heavy atom. The average Bonchev–Trinajstić information content (AvgIpc) is 2.53. The summed E-state index contributed by atoms with van der Waals surface area (Å²) in [6.07, 6.45) is 2.42. The van der Waals surface area contributed by atoms with Crippen molar-refractivity contribution in [2.45, 2.75) is 45.6 Å². The van der Waals surface area contributed by atoms with Gasteiger partial charge in [-0.3, -0.25) is 4.79 Å². The zero-order valence-electron chi connectivity index (χ0n) is 11.3. The average molecular weight is 243 g/mol. The molecule has 0 saturated carbocycles. The minimum Gasteiger partial charge on any atom is -0.465 e. The first-order valence-corrected chi connectivity index (χ1v) is 6.60. The van der Waals surface area contributed by atoms with Crippen LogP contribution in [-0.4, -0.2) is 37.9 Å². The van der Waals surface area contributed by atoms with Gasteiger partial charge in [0.05, 0.1) is 6.61 Å². The van der Waals surface area contributed by atoms with Gasteiger partial charge in [0.2, 0.25) is 0 Å². The second kappa shape index (κ2) is 6.97. The number of rotatable bonds is 5. The minimum absolute atomic E-state index is 0.119. The fourth-order valence-electron chi connectivity index (χ4n) is 2.07. The Morgan fingerprint density at radius 2 is 2.18 bits per heavy atom. The lowest BCUT2D eigenvalue weighted by atomic mass is 9.90. The zero-order chi connectivity index (χ0) is 12.7. The first kappa shape index (κ1) is 14.5. The third-order valence-electron chi connectivity index (χ3n) is 3.08. The van der Waals surface area contributed by atoms with Gasteiger partial charge in [-0.05, 0) is 38.6 Å². The van der Waals surface area contributed by atoms with E-state index in [2.05, 4.69) is 19.2 Å². The molecule has 0 aromatic heterocycles. The van der Waals surface area contributed by atoms with Crippen LogP contribution in [0.2, 0.25) is 0 Å². The molecule has 0 aromatic rings. The van der Waals surface area contributed by atoms with Gasteiger partial charge in [0.15, 0.2) is 0 Å². The molecule has 4 nitrogen and oxygen atoms in total. The van der Waals surface area contributed by atoms with Crippen molar-refractivity contribution in [2.24, 2.45) is 5.92 Å². The van der Waals surface area contributed by atoms with Gasteiger partial charge in [0, 0.05) is 13.2 Å². The molecule has 1 heterocycles. The molecule has 4 heteroatoms. The van der Waals surface area contributed by atoms with Crippen molar-refractivity contribution in [3.05, 3.63) is 0 Å². The van der Waals surface area contributed by atoms with Crippen molar-refractivity contribution >= 4 is 5.97 Å². The molecule has 0 bridgehead atoms. The molecule has 1 rings (SSSR count). The molecule has 1 unspecified atom stereocenters. The van der Waals surface area contributed by atoms with Crippen LogP contribution in [0.3, 0.4) is 0 Å². The summed E-state index contributed by atoms with van der Waals surface area (Å²) in [6.45, 7) is 8.76. The van der Waals surface area contributed by atoms with Crippen LogP contribution in [0, 0.1) is 5.92 Å². The molecule has 0 spiro atoms. The molecule has 17 heavy (non-hydrogen) atoms. The Balaban J connectivity index is 2.70. The van der Waals surface area contributed by atoms with Gasteiger partial charge in [-0.25, -0.2) is 0 Å². The SMILES string of the molecule is CCOC(=O)C1(NCC(C)C)CCCOCC1. The fraction of sp³-hybridized carbons (Fsp3) is 0.923. The van der Waals surface area contributed by atoms with Crippen LogP contribution in [0.25, 0.3) is 0 Å². The topological polar surface area (TPSA) is 47.6 Å². The van der Waals surface area contributed by atoms with E-state index >= 15 is 0 Å². The van der Waals surface area contributed by atoms with Gasteiger partial charge in [-0.15, -0.1) is 0 Å². The number of nitrogens with one attached hydrogen (secondary N) is 1. The van der Waals surface area contributed by atoms with E-state index in [0.29, 0.717) is 25.6 Å². The molecule has 0 amide bonds. The van der Waals surface area contributed by atoms with Crippen LogP contribution >= 0.6 is 0 Å². The van der Waals surface area contributed by atoms with Crippen molar-refractivity contribution in [1.29, 1.82) is 0 Å². The van der Waals surface area contributed by atoms with Crippen molar-refractivity contribution < 1.29 is 14.3 Å². The molecule has 1 aliphatic heterocycles. The number of esters is 1. The summed E-state index contributed by atoms with van der Waals surface area (Å²) >= 11 is 0. The monoisotopic (exact) mass is 243 g/mol. The molecule has 0 aromatic carbocycles. The van der Waals surface area contributed by atoms with Crippen LogP contribution in [0.1, 0.15) is 40.0 Å². The lowest BCUT2D eigenvalue weighted by molar-refractivity contribution is -0.152. The van der Waals surface area contributed by atoms with Crippen molar-refractivity contribution in [1.82, 2.24) is 5.32 Å². The third kappa shape index (κ3) is 4.28. The van der Waals surface area contributed by atoms with Gasteiger partial charge in [-0.1, -0.05) is 13.8 Å². The Morgan fingerprint density at radius 1 is 1.41 bits per heavy atom. The van der Waals surface area contributed by atoms with E-state index in [1.165, 1.54) is 0 Å². The van der Waals surface area contributed by atoms with E-state index in [4.69, 9.17) is 9.47 Å². The van der Waals surface area contributed by atoms with Crippen molar-refractivity contribution in [2.75, 3.05) is 26.4 Å². The molecule has 100 valence electrons. The minimum atomic E-state index is -0.531. The number of carbonyl (C=O) groups is 1. The highest BCUT2D eigenvalue weighted by molar-refractivity contribution is 5.81. The van der Waals surface area contributed by atoms with Crippen LogP contribution in [0.5, 0.6) is 0 Å². The zero-order valence-corrected chi connectivity index (χ0v) is 11.3. The maximum absolute atomic E-state index is 12.1. The normalized spacial score (nSPS) is 25.6. The van der Waals surface area contributed by atoms with Gasteiger partial charge in [-0.2, -0.15) is 0 Å². The maximum atomic E-state index is 12.1. The molecule has 1 fully saturated rings. The van der Waals surface area contributed by atoms with E-state index in [9.17, 15) is 4.79 Å². The van der Waals surface area contributed by atoms with E-state index in [-0.39, 0.29) is 5.97 Å². The second-order valence-corrected chi connectivity index (χ2v) is 5.04. The summed E-state index contributed by atoms with van der Waals surface area (Å²) in [6, 6.07) is 0. The first-order chi connectivity index (χ1) is 8.10. The van der Waals surface area contributed by atoms with Gasteiger partial charge in [0.1, 0.15) is 5.54 Å². The summed E-state index contributed by atoms with van der Waals surface area (Å²) in [7, 11) is 0. The van der Waals surface area contributed by atoms with Crippen LogP contribution < -0.4 is 5.32 Å². The predicted octanol–water partition coefficient (Wildman–Crippen LogP) is 1.73. The van der Waals surface area contributed by atoms with Crippen LogP contribution in [-0.2, 0) is 14.3 Å². The smallest absolute Gasteiger partial charge is 0.326 e. The van der Waals surface area contributed by atoms with Crippen molar-refractivity contribution in [3.8, 4) is 0 Å². The largest absolute Gasteiger partial charge is 0.465 e. The molecule has 1 atom stereocenters. The highest BCUT2D eigenvalue weighted by atomic mass is 16.5. The summed E-state index contributed by atoms with van der Waals surface area (Å²) < 4.78 is 10.7. The molecular formula is C13H25NO3. The molecular weight excluding hydrogens is 218 g/mol. The molecule has 1 saturated heterocycles. The standard InChI is InChI=1S/C13H25NO3/c1-4-17-12(15)13(14-10-11(2)3)6-5-8-16-9-7-13/h11,14H,4-10H2,1-3H3. The fourth-order valence-corrected chi connectivity index (χ4v) is 2.07. The molecule has 0 radical (unpaired) electrons. The van der Waals surface area contributed by atoms with E-state index < -0.39 is 5.54 Å². The summed E-state index contributed by atoms with van der Waals surface area (Å²) in [5.74, 6) is 0.400. The molecule has 1 N–H and O–H groups in total. The molecule has 1 aliphatic rings. The Labute approximate surface area is 104 Å². The van der Waals surface area contributed by atoms with Crippen LogP contribution in [0.15, 0.2) is 0 Å².